The van der Waals surface area contributed by atoms with E-state index in [9.17, 15) is 8.42 Å². The third-order valence-corrected chi connectivity index (χ3v) is 4.96. The van der Waals surface area contributed by atoms with E-state index < -0.39 is 106 Å². The largest absolute Gasteiger partial charge is 0.329 e. The molecule has 0 radical (unpaired) electrons. The average molecular weight is 454 g/mol. The topological polar surface area (TPSA) is 119 Å². The summed E-state index contributed by atoms with van der Waals surface area (Å²) in [5, 5.41) is 10.8. The Morgan fingerprint density at radius 2 is 2.16 bits per heavy atom. The Kier molecular flexibility index (Phi) is 2.20. The zero-order chi connectivity index (χ0) is 35.8. The number of nitrogens with one attached hydrogen (secondary N) is 1. The lowest BCUT2D eigenvalue weighted by atomic mass is 10.2. The van der Waals surface area contributed by atoms with Crippen LogP contribution in [0.3, 0.4) is 0 Å². The van der Waals surface area contributed by atoms with Crippen LogP contribution in [0.1, 0.15) is 33.2 Å². The average Bonchev–Trinajstić information content (AvgIpc) is 3.30. The molecule has 3 N–H and O–H groups in total. The van der Waals surface area contributed by atoms with Crippen LogP contribution in [0.25, 0.3) is 10.9 Å². The number of rotatable bonds is 5. The van der Waals surface area contributed by atoms with Gasteiger partial charge in [-0.25, -0.2) is 18.5 Å². The number of benzene rings is 2. The van der Waals surface area contributed by atoms with Gasteiger partial charge in [0.25, 0.3) is 0 Å². The van der Waals surface area contributed by atoms with Crippen molar-refractivity contribution >= 4 is 44.1 Å². The molecule has 0 atom stereocenters. The number of nitrogens with zero attached hydrogens (tertiary/aromatic N) is 5. The van der Waals surface area contributed by atoms with E-state index in [0.717, 1.165) is 24.3 Å². The van der Waals surface area contributed by atoms with Gasteiger partial charge in [-0.05, 0) is 55.6 Å². The van der Waals surface area contributed by atoms with Gasteiger partial charge in [-0.1, -0.05) is 6.07 Å². The Hall–Kier alpha value is -3.50. The monoisotopic (exact) mass is 453 g/mol. The summed E-state index contributed by atoms with van der Waals surface area (Å²) < 4.78 is 152. The summed E-state index contributed by atoms with van der Waals surface area (Å²) in [5.74, 6) is -1.20. The zero-order valence-corrected chi connectivity index (χ0v) is 16.2. The fraction of sp³-hybridized carbons (Fsp3) is 0.190. The smallest absolute Gasteiger partial charge is 0.238 e. The number of anilines is 4. The highest BCUT2D eigenvalue weighted by atomic mass is 32.2. The van der Waals surface area contributed by atoms with Crippen LogP contribution >= 0.6 is 0 Å². The SMILES string of the molecule is [2H]c1cc(N(c2c([2H])c([2H])c3c(C([2H])([2H])[2H])n(C([2H])([2H])[2H])nc3c2[2H])C([2H])([2H])[2H])nc(Nc2ccc(C([2H])([2H])[2H])c(S(N)(=O)=O)c2)n1. The van der Waals surface area contributed by atoms with Crippen molar-refractivity contribution < 1.29 is 30.3 Å². The normalized spacial score (nSPS) is 20.8. The molecular formula is C21H23N7O2S. The van der Waals surface area contributed by atoms with Gasteiger partial charge in [0.05, 0.1) is 15.9 Å². The van der Waals surface area contributed by atoms with Gasteiger partial charge in [0.1, 0.15) is 5.82 Å². The molecule has 0 amide bonds. The molecule has 2 heterocycles. The molecule has 0 unspecified atom stereocenters. The molecule has 0 fully saturated rings. The minimum absolute atomic E-state index is 0.117. The predicted molar refractivity (Wildman–Crippen MR) is 121 cm³/mol. The van der Waals surface area contributed by atoms with Crippen molar-refractivity contribution in [3.63, 3.8) is 0 Å². The summed E-state index contributed by atoms with van der Waals surface area (Å²) in [6.07, 6.45) is -0.640. The molecule has 0 saturated heterocycles. The summed E-state index contributed by atoms with van der Waals surface area (Å²) in [4.78, 5) is 7.36. The maximum absolute atomic E-state index is 12.1. The number of fused-ring (bicyclic) bond motifs is 1. The molecule has 4 aromatic rings. The van der Waals surface area contributed by atoms with Crippen LogP contribution in [0.15, 0.2) is 53.5 Å². The summed E-state index contributed by atoms with van der Waals surface area (Å²) >= 11 is 0. The van der Waals surface area contributed by atoms with Crippen molar-refractivity contribution in [3.05, 3.63) is 59.8 Å². The molecule has 0 bridgehead atoms. The van der Waals surface area contributed by atoms with Crippen molar-refractivity contribution in [1.82, 2.24) is 19.7 Å². The molecule has 0 spiro atoms. The predicted octanol–water partition coefficient (Wildman–Crippen LogP) is 3.14. The van der Waals surface area contributed by atoms with E-state index in [1.54, 1.807) is 0 Å². The second kappa shape index (κ2) is 7.64. The highest BCUT2D eigenvalue weighted by Crippen LogP contribution is 2.28. The Balaban J connectivity index is 1.96. The molecule has 0 aliphatic heterocycles. The number of primary sulfonamides is 1. The minimum Gasteiger partial charge on any atom is -0.329 e. The van der Waals surface area contributed by atoms with Gasteiger partial charge in [-0.15, -0.1) is 0 Å². The van der Waals surface area contributed by atoms with Gasteiger partial charge in [0.2, 0.25) is 16.0 Å². The molecule has 31 heavy (non-hydrogen) atoms. The van der Waals surface area contributed by atoms with E-state index in [-0.39, 0.29) is 10.4 Å². The zero-order valence-electron chi connectivity index (χ0n) is 31.3. The van der Waals surface area contributed by atoms with Crippen molar-refractivity contribution in [2.75, 3.05) is 17.2 Å². The third kappa shape index (κ3) is 4.07. The van der Waals surface area contributed by atoms with Gasteiger partial charge in [0, 0.05) is 59.0 Å². The van der Waals surface area contributed by atoms with E-state index in [1.807, 2.05) is 0 Å². The number of aromatic nitrogens is 4. The van der Waals surface area contributed by atoms with Crippen LogP contribution in [0.2, 0.25) is 0 Å². The first kappa shape index (κ1) is 8.93. The minimum atomic E-state index is -4.57. The van der Waals surface area contributed by atoms with Gasteiger partial charge in [0.15, 0.2) is 0 Å². The van der Waals surface area contributed by atoms with Gasteiger partial charge >= 0.3 is 0 Å². The molecule has 0 aliphatic carbocycles. The first-order valence-electron chi connectivity index (χ1n) is 16.3. The van der Waals surface area contributed by atoms with Crippen molar-refractivity contribution in [3.8, 4) is 0 Å². The molecule has 2 aromatic heterocycles. The maximum Gasteiger partial charge on any atom is 0.238 e. The van der Waals surface area contributed by atoms with E-state index in [1.165, 1.54) is 0 Å². The van der Waals surface area contributed by atoms with Crippen LogP contribution in [-0.4, -0.2) is 35.1 Å². The molecule has 0 saturated carbocycles. The van der Waals surface area contributed by atoms with Crippen LogP contribution in [-0.2, 0) is 17.0 Å². The van der Waals surface area contributed by atoms with Gasteiger partial charge in [-0.2, -0.15) is 10.1 Å². The van der Waals surface area contributed by atoms with Gasteiger partial charge in [-0.3, -0.25) is 4.68 Å². The fourth-order valence-corrected chi connectivity index (χ4v) is 3.23. The summed E-state index contributed by atoms with van der Waals surface area (Å²) in [6, 6.07) is 0.843. The summed E-state index contributed by atoms with van der Waals surface area (Å²) in [7, 11) is -4.57. The van der Waals surface area contributed by atoms with Gasteiger partial charge < -0.3 is 10.2 Å². The quantitative estimate of drug-likeness (QED) is 0.476. The number of hydrogen-bond acceptors (Lipinski definition) is 7. The van der Waals surface area contributed by atoms with E-state index in [0.29, 0.717) is 4.90 Å². The first-order chi connectivity index (χ1) is 21.1. The maximum atomic E-state index is 12.1. The highest BCUT2D eigenvalue weighted by Gasteiger charge is 2.14. The number of hydrogen-bond donors (Lipinski definition) is 2. The van der Waals surface area contributed by atoms with Crippen LogP contribution < -0.4 is 15.4 Å². The standard InChI is InChI=1S/C21H23N7O2S/c1-13-5-6-15(11-19(13)31(22,29)30)24-21-23-10-9-20(25-21)27(3)16-7-8-17-14(2)28(4)26-18(17)12-16/h5-12H,1-4H3,(H2,22,29,30)(H,23,24,25)/i1D3,2D3,3D3,4D3,7D,8D,10D,12D. The van der Waals surface area contributed by atoms with Crippen molar-refractivity contribution in [1.29, 1.82) is 0 Å². The van der Waals surface area contributed by atoms with Crippen LogP contribution in [0, 0.1) is 13.7 Å². The third-order valence-electron chi connectivity index (χ3n) is 4.01. The Morgan fingerprint density at radius 3 is 2.90 bits per heavy atom. The van der Waals surface area contributed by atoms with E-state index >= 15 is 0 Å². The van der Waals surface area contributed by atoms with Crippen LogP contribution in [0.4, 0.5) is 23.1 Å². The molecule has 10 heteroatoms. The highest BCUT2D eigenvalue weighted by molar-refractivity contribution is 7.89. The van der Waals surface area contributed by atoms with E-state index in [2.05, 4.69) is 20.4 Å². The second-order valence-corrected chi connectivity index (χ2v) is 7.63. The number of nitrogens with two attached hydrogens (primary N) is 1. The van der Waals surface area contributed by atoms with E-state index in [4.69, 9.17) is 27.1 Å². The molecule has 2 aromatic carbocycles. The lowest BCUT2D eigenvalue weighted by molar-refractivity contribution is 0.597. The molecule has 0 aliphatic rings. The second-order valence-electron chi connectivity index (χ2n) is 6.10. The van der Waals surface area contributed by atoms with Crippen molar-refractivity contribution in [2.24, 2.45) is 12.1 Å². The Bertz CT molecular complexity index is 2000. The molecule has 9 nitrogen and oxygen atoms in total. The fourth-order valence-electron chi connectivity index (χ4n) is 2.57. The van der Waals surface area contributed by atoms with Crippen LogP contribution in [0.5, 0.6) is 0 Å². The lowest BCUT2D eigenvalue weighted by Gasteiger charge is -2.19. The summed E-state index contributed by atoms with van der Waals surface area (Å²) in [6.45, 7) is -12.6. The lowest BCUT2D eigenvalue weighted by Crippen LogP contribution is -2.14. The summed E-state index contributed by atoms with van der Waals surface area (Å²) in [5.41, 5.74) is -3.27. The Morgan fingerprint density at radius 1 is 1.26 bits per heavy atom. The Labute approximate surface area is 203 Å². The first-order valence-corrected chi connectivity index (χ1v) is 9.82. The molecular weight excluding hydrogens is 414 g/mol. The number of aryl methyl sites for hydroxylation is 3. The number of sulfonamides is 1. The molecule has 160 valence electrons. The van der Waals surface area contributed by atoms with Crippen molar-refractivity contribution in [2.45, 2.75) is 18.6 Å². The molecule has 4 rings (SSSR count).